The largest absolute Gasteiger partial charge is 0.478 e. The first-order valence-electron chi connectivity index (χ1n) is 5.17. The number of carbonyl (C=O) groups is 1. The summed E-state index contributed by atoms with van der Waals surface area (Å²) in [5.41, 5.74) is 1.32. The first-order valence-corrected chi connectivity index (χ1v) is 5.17. The molecule has 92 valence electrons. The Morgan fingerprint density at radius 3 is 2.61 bits per heavy atom. The molecule has 1 heterocycles. The molecule has 0 amide bonds. The van der Waals surface area contributed by atoms with Gasteiger partial charge in [0.05, 0.1) is 21.7 Å². The molecular formula is C12H10N2O4. The summed E-state index contributed by atoms with van der Waals surface area (Å²) in [5.74, 6) is -1.06. The lowest BCUT2D eigenvalue weighted by molar-refractivity contribution is -0.384. The van der Waals surface area contributed by atoms with Crippen molar-refractivity contribution in [2.75, 3.05) is 0 Å². The van der Waals surface area contributed by atoms with E-state index < -0.39 is 10.9 Å². The monoisotopic (exact) mass is 246 g/mol. The second kappa shape index (κ2) is 4.33. The molecule has 0 spiro atoms. The third kappa shape index (κ3) is 1.95. The lowest BCUT2D eigenvalue weighted by Gasteiger charge is -1.99. The van der Waals surface area contributed by atoms with Crippen LogP contribution in [0.2, 0.25) is 0 Å². The van der Waals surface area contributed by atoms with Gasteiger partial charge in [-0.1, -0.05) is 12.1 Å². The quantitative estimate of drug-likeness (QED) is 0.642. The molecule has 0 aliphatic heterocycles. The van der Waals surface area contributed by atoms with E-state index in [1.165, 1.54) is 12.1 Å². The molecule has 1 aromatic heterocycles. The molecule has 0 saturated carbocycles. The van der Waals surface area contributed by atoms with Gasteiger partial charge in [-0.25, -0.2) is 4.79 Å². The van der Waals surface area contributed by atoms with Crippen LogP contribution in [0.25, 0.3) is 11.3 Å². The van der Waals surface area contributed by atoms with Crippen molar-refractivity contribution < 1.29 is 14.8 Å². The molecule has 6 heteroatoms. The Hall–Kier alpha value is -2.63. The van der Waals surface area contributed by atoms with Crippen LogP contribution >= 0.6 is 0 Å². The van der Waals surface area contributed by atoms with Crippen LogP contribution in [0.15, 0.2) is 30.3 Å². The fraction of sp³-hybridized carbons (Fsp3) is 0.0833. The van der Waals surface area contributed by atoms with Gasteiger partial charge in [-0.15, -0.1) is 0 Å². The van der Waals surface area contributed by atoms with Crippen molar-refractivity contribution in [2.45, 2.75) is 6.92 Å². The van der Waals surface area contributed by atoms with Crippen molar-refractivity contribution in [1.29, 1.82) is 0 Å². The van der Waals surface area contributed by atoms with Crippen LogP contribution < -0.4 is 0 Å². The third-order valence-electron chi connectivity index (χ3n) is 2.64. The molecule has 0 saturated heterocycles. The minimum absolute atomic E-state index is 0.0595. The summed E-state index contributed by atoms with van der Waals surface area (Å²) in [7, 11) is 0. The molecule has 2 aromatic rings. The predicted octanol–water partition coefficient (Wildman–Crippen LogP) is 2.60. The van der Waals surface area contributed by atoms with Crippen LogP contribution in [-0.2, 0) is 0 Å². The summed E-state index contributed by atoms with van der Waals surface area (Å²) in [4.78, 5) is 24.2. The summed E-state index contributed by atoms with van der Waals surface area (Å²) in [5, 5.41) is 19.8. The lowest BCUT2D eigenvalue weighted by atomic mass is 10.1. The SMILES string of the molecule is Cc1[nH]c(-c2ccccc2[N+](=O)[O-])cc1C(=O)O. The van der Waals surface area contributed by atoms with E-state index in [4.69, 9.17) is 5.11 Å². The number of aromatic amines is 1. The molecule has 1 aromatic carbocycles. The Kier molecular flexibility index (Phi) is 2.85. The first kappa shape index (κ1) is 11.8. The van der Waals surface area contributed by atoms with Gasteiger partial charge in [-0.05, 0) is 19.1 Å². The molecule has 0 aliphatic carbocycles. The van der Waals surface area contributed by atoms with Gasteiger partial charge < -0.3 is 10.1 Å². The zero-order chi connectivity index (χ0) is 13.3. The van der Waals surface area contributed by atoms with Gasteiger partial charge in [0, 0.05) is 11.8 Å². The zero-order valence-corrected chi connectivity index (χ0v) is 9.51. The fourth-order valence-electron chi connectivity index (χ4n) is 1.79. The highest BCUT2D eigenvalue weighted by Crippen LogP contribution is 2.30. The number of nitrogens with zero attached hydrogens (tertiary/aromatic N) is 1. The van der Waals surface area contributed by atoms with Gasteiger partial charge in [0.25, 0.3) is 5.69 Å². The number of nitro benzene ring substituents is 1. The van der Waals surface area contributed by atoms with E-state index in [9.17, 15) is 14.9 Å². The van der Waals surface area contributed by atoms with E-state index in [1.54, 1.807) is 25.1 Å². The molecule has 2 N–H and O–H groups in total. The number of carboxylic acid groups (broad SMARTS) is 1. The van der Waals surface area contributed by atoms with Gasteiger partial charge in [0.1, 0.15) is 0 Å². The number of aromatic carboxylic acids is 1. The molecule has 0 unspecified atom stereocenters. The summed E-state index contributed by atoms with van der Waals surface area (Å²) in [6.45, 7) is 1.61. The highest BCUT2D eigenvalue weighted by atomic mass is 16.6. The molecule has 6 nitrogen and oxygen atoms in total. The lowest BCUT2D eigenvalue weighted by Crippen LogP contribution is -1.95. The van der Waals surface area contributed by atoms with E-state index in [1.807, 2.05) is 0 Å². The average Bonchev–Trinajstić information content (AvgIpc) is 2.71. The highest BCUT2D eigenvalue weighted by Gasteiger charge is 2.18. The van der Waals surface area contributed by atoms with E-state index in [2.05, 4.69) is 4.98 Å². The highest BCUT2D eigenvalue weighted by molar-refractivity contribution is 5.91. The number of hydrogen-bond donors (Lipinski definition) is 2. The van der Waals surface area contributed by atoms with E-state index in [0.717, 1.165) is 0 Å². The second-order valence-electron chi connectivity index (χ2n) is 3.80. The fourth-order valence-corrected chi connectivity index (χ4v) is 1.79. The summed E-state index contributed by atoms with van der Waals surface area (Å²) < 4.78 is 0. The maximum atomic E-state index is 10.9. The molecule has 18 heavy (non-hydrogen) atoms. The Morgan fingerprint density at radius 2 is 2.06 bits per heavy atom. The predicted molar refractivity (Wildman–Crippen MR) is 64.6 cm³/mol. The third-order valence-corrected chi connectivity index (χ3v) is 2.64. The van der Waals surface area contributed by atoms with Gasteiger partial charge in [0.2, 0.25) is 0 Å². The minimum atomic E-state index is -1.06. The second-order valence-corrected chi connectivity index (χ2v) is 3.80. The maximum absolute atomic E-state index is 10.9. The number of carboxylic acids is 1. The van der Waals surface area contributed by atoms with Gasteiger partial charge in [-0.2, -0.15) is 0 Å². The number of para-hydroxylation sites is 1. The molecular weight excluding hydrogens is 236 g/mol. The number of rotatable bonds is 3. The number of aromatic nitrogens is 1. The van der Waals surface area contributed by atoms with Crippen LogP contribution in [0.3, 0.4) is 0 Å². The Morgan fingerprint density at radius 1 is 1.39 bits per heavy atom. The normalized spacial score (nSPS) is 10.3. The van der Waals surface area contributed by atoms with Crippen molar-refractivity contribution in [1.82, 2.24) is 4.98 Å². The molecule has 0 fully saturated rings. The van der Waals surface area contributed by atoms with Crippen LogP contribution in [-0.4, -0.2) is 21.0 Å². The van der Waals surface area contributed by atoms with E-state index in [0.29, 0.717) is 17.0 Å². The molecule has 0 atom stereocenters. The van der Waals surface area contributed by atoms with Crippen LogP contribution in [0.1, 0.15) is 16.1 Å². The Balaban J connectivity index is 2.59. The summed E-state index contributed by atoms with van der Waals surface area (Å²) in [6.07, 6.45) is 0. The van der Waals surface area contributed by atoms with Gasteiger partial charge in [-0.3, -0.25) is 10.1 Å². The van der Waals surface area contributed by atoms with Gasteiger partial charge in [0.15, 0.2) is 0 Å². The molecule has 0 radical (unpaired) electrons. The summed E-state index contributed by atoms with van der Waals surface area (Å²) in [6, 6.07) is 7.59. The average molecular weight is 246 g/mol. The first-order chi connectivity index (χ1) is 8.50. The Bertz CT molecular complexity index is 631. The van der Waals surface area contributed by atoms with Crippen molar-refractivity contribution in [2.24, 2.45) is 0 Å². The van der Waals surface area contributed by atoms with E-state index in [-0.39, 0.29) is 11.3 Å². The van der Waals surface area contributed by atoms with Crippen LogP contribution in [0.5, 0.6) is 0 Å². The molecule has 0 bridgehead atoms. The maximum Gasteiger partial charge on any atom is 0.337 e. The molecule has 2 rings (SSSR count). The van der Waals surface area contributed by atoms with Crippen LogP contribution in [0.4, 0.5) is 5.69 Å². The smallest absolute Gasteiger partial charge is 0.337 e. The number of hydrogen-bond acceptors (Lipinski definition) is 3. The number of benzene rings is 1. The zero-order valence-electron chi connectivity index (χ0n) is 9.51. The number of H-pyrrole nitrogens is 1. The topological polar surface area (TPSA) is 96.2 Å². The number of nitro groups is 1. The minimum Gasteiger partial charge on any atom is -0.478 e. The molecule has 0 aliphatic rings. The van der Waals surface area contributed by atoms with Crippen molar-refractivity contribution >= 4 is 11.7 Å². The number of aryl methyl sites for hydroxylation is 1. The summed E-state index contributed by atoms with van der Waals surface area (Å²) >= 11 is 0. The van der Waals surface area contributed by atoms with Gasteiger partial charge >= 0.3 is 5.97 Å². The van der Waals surface area contributed by atoms with Crippen molar-refractivity contribution in [3.05, 3.63) is 51.7 Å². The van der Waals surface area contributed by atoms with Crippen molar-refractivity contribution in [3.8, 4) is 11.3 Å². The van der Waals surface area contributed by atoms with E-state index >= 15 is 0 Å². The standard InChI is InChI=1S/C12H10N2O4/c1-7-9(12(15)16)6-10(13-7)8-4-2-3-5-11(8)14(17)18/h2-6,13H,1H3,(H,15,16). The number of nitrogens with one attached hydrogen (secondary N) is 1. The van der Waals surface area contributed by atoms with Crippen LogP contribution in [0, 0.1) is 17.0 Å². The van der Waals surface area contributed by atoms with Crippen molar-refractivity contribution in [3.63, 3.8) is 0 Å². The Labute approximate surface area is 102 Å².